The van der Waals surface area contributed by atoms with Crippen LogP contribution in [0.5, 0.6) is 0 Å². The normalized spacial score (nSPS) is 24.5. The van der Waals surface area contributed by atoms with Crippen LogP contribution in [0.2, 0.25) is 0 Å². The Bertz CT molecular complexity index is 843. The Morgan fingerprint density at radius 2 is 2.07 bits per heavy atom. The molecule has 0 unspecified atom stereocenters. The van der Waals surface area contributed by atoms with Crippen molar-refractivity contribution in [1.82, 2.24) is 19.6 Å². The first-order valence-electron chi connectivity index (χ1n) is 9.70. The number of hydrogen-bond donors (Lipinski definition) is 1. The van der Waals surface area contributed by atoms with E-state index in [1.165, 1.54) is 12.8 Å². The van der Waals surface area contributed by atoms with Gasteiger partial charge < -0.3 is 19.6 Å². The summed E-state index contributed by atoms with van der Waals surface area (Å²) in [6.45, 7) is 5.97. The van der Waals surface area contributed by atoms with Gasteiger partial charge >= 0.3 is 0 Å². The molecule has 2 saturated heterocycles. The van der Waals surface area contributed by atoms with Crippen LogP contribution in [-0.4, -0.2) is 82.1 Å². The van der Waals surface area contributed by atoms with Gasteiger partial charge in [0, 0.05) is 25.5 Å². The summed E-state index contributed by atoms with van der Waals surface area (Å²) in [5.74, 6) is -0.142. The average molecular weight is 372 g/mol. The number of ether oxygens (including phenoxy) is 1. The van der Waals surface area contributed by atoms with E-state index in [9.17, 15) is 9.90 Å². The van der Waals surface area contributed by atoms with Crippen molar-refractivity contribution in [3.63, 3.8) is 0 Å². The standard InChI is InChI=1S/C20H28N4O3/c1-15-5-6-17-16(11-15)18(21-22(17)2)19(25)24-9-10-27-14-20(26,13-24)12-23-7-3-4-8-23/h5-6,11,26H,3-4,7-10,12-14H2,1-2H3/t20-/m0/s1. The monoisotopic (exact) mass is 372 g/mol. The van der Waals surface area contributed by atoms with E-state index in [2.05, 4.69) is 10.00 Å². The number of amides is 1. The Morgan fingerprint density at radius 1 is 1.30 bits per heavy atom. The highest BCUT2D eigenvalue weighted by atomic mass is 16.5. The first-order valence-corrected chi connectivity index (χ1v) is 9.70. The fourth-order valence-corrected chi connectivity index (χ4v) is 4.23. The van der Waals surface area contributed by atoms with Gasteiger partial charge in [0.15, 0.2) is 5.69 Å². The van der Waals surface area contributed by atoms with Crippen LogP contribution in [0.25, 0.3) is 10.9 Å². The molecule has 1 aromatic heterocycles. The first-order chi connectivity index (χ1) is 13.0. The molecule has 146 valence electrons. The molecule has 0 bridgehead atoms. The third kappa shape index (κ3) is 3.72. The van der Waals surface area contributed by atoms with Crippen LogP contribution in [0.1, 0.15) is 28.9 Å². The molecule has 1 aromatic carbocycles. The fraction of sp³-hybridized carbons (Fsp3) is 0.600. The van der Waals surface area contributed by atoms with Crippen LogP contribution in [0.3, 0.4) is 0 Å². The van der Waals surface area contributed by atoms with Crippen LogP contribution >= 0.6 is 0 Å². The molecule has 0 spiro atoms. The lowest BCUT2D eigenvalue weighted by Crippen LogP contribution is -2.53. The van der Waals surface area contributed by atoms with Gasteiger partial charge in [-0.2, -0.15) is 5.10 Å². The molecule has 0 radical (unpaired) electrons. The molecular formula is C20H28N4O3. The maximum absolute atomic E-state index is 13.3. The summed E-state index contributed by atoms with van der Waals surface area (Å²) in [7, 11) is 1.85. The third-order valence-corrected chi connectivity index (χ3v) is 5.57. The third-order valence-electron chi connectivity index (χ3n) is 5.57. The molecule has 27 heavy (non-hydrogen) atoms. The van der Waals surface area contributed by atoms with Gasteiger partial charge in [0.2, 0.25) is 0 Å². The second-order valence-corrected chi connectivity index (χ2v) is 7.98. The highest BCUT2D eigenvalue weighted by Crippen LogP contribution is 2.23. The number of β-amino-alcohol motifs (C(OH)–C–C–N with tert-alkyl or cyclic N) is 1. The minimum Gasteiger partial charge on any atom is -0.384 e. The Kier molecular flexibility index (Phi) is 4.92. The molecule has 1 N–H and O–H groups in total. The number of benzene rings is 1. The second-order valence-electron chi connectivity index (χ2n) is 7.98. The number of carbonyl (C=O) groups excluding carboxylic acids is 1. The van der Waals surface area contributed by atoms with Gasteiger partial charge in [0.25, 0.3) is 5.91 Å². The van der Waals surface area contributed by atoms with Crippen molar-refractivity contribution >= 4 is 16.8 Å². The summed E-state index contributed by atoms with van der Waals surface area (Å²) in [6.07, 6.45) is 2.33. The molecule has 7 heteroatoms. The maximum atomic E-state index is 13.3. The predicted octanol–water partition coefficient (Wildman–Crippen LogP) is 1.18. The summed E-state index contributed by atoms with van der Waals surface area (Å²) < 4.78 is 7.40. The largest absolute Gasteiger partial charge is 0.384 e. The lowest BCUT2D eigenvalue weighted by atomic mass is 10.0. The van der Waals surface area contributed by atoms with E-state index >= 15 is 0 Å². The summed E-state index contributed by atoms with van der Waals surface area (Å²) in [5, 5.41) is 16.5. The number of rotatable bonds is 3. The van der Waals surface area contributed by atoms with Gasteiger partial charge in [0.1, 0.15) is 5.60 Å². The molecule has 0 saturated carbocycles. The summed E-state index contributed by atoms with van der Waals surface area (Å²) in [4.78, 5) is 17.2. The quantitative estimate of drug-likeness (QED) is 0.876. The number of aliphatic hydroxyl groups is 1. The first kappa shape index (κ1) is 18.4. The van der Waals surface area contributed by atoms with Crippen LogP contribution in [0.4, 0.5) is 0 Å². The van der Waals surface area contributed by atoms with Crippen molar-refractivity contribution in [2.24, 2.45) is 7.05 Å². The van der Waals surface area contributed by atoms with Crippen LogP contribution in [-0.2, 0) is 11.8 Å². The number of hydrogen-bond acceptors (Lipinski definition) is 5. The van der Waals surface area contributed by atoms with E-state index in [4.69, 9.17) is 4.74 Å². The van der Waals surface area contributed by atoms with E-state index in [1.54, 1.807) is 9.58 Å². The Hall–Kier alpha value is -1.96. The van der Waals surface area contributed by atoms with Crippen LogP contribution < -0.4 is 0 Å². The Balaban J connectivity index is 1.59. The molecule has 1 atom stereocenters. The van der Waals surface area contributed by atoms with Gasteiger partial charge in [0.05, 0.1) is 25.3 Å². The molecule has 2 aliphatic rings. The fourth-order valence-electron chi connectivity index (χ4n) is 4.23. The smallest absolute Gasteiger partial charge is 0.275 e. The van der Waals surface area contributed by atoms with Crippen molar-refractivity contribution in [3.8, 4) is 0 Å². The molecule has 7 nitrogen and oxygen atoms in total. The number of fused-ring (bicyclic) bond motifs is 1. The van der Waals surface area contributed by atoms with Crippen molar-refractivity contribution in [3.05, 3.63) is 29.5 Å². The van der Waals surface area contributed by atoms with Crippen molar-refractivity contribution in [1.29, 1.82) is 0 Å². The van der Waals surface area contributed by atoms with Crippen LogP contribution in [0, 0.1) is 6.92 Å². The zero-order valence-electron chi connectivity index (χ0n) is 16.1. The zero-order valence-corrected chi connectivity index (χ0v) is 16.1. The molecular weight excluding hydrogens is 344 g/mol. The topological polar surface area (TPSA) is 70.8 Å². The van der Waals surface area contributed by atoms with E-state index in [1.807, 2.05) is 32.2 Å². The number of likely N-dealkylation sites (tertiary alicyclic amines) is 1. The molecule has 1 amide bonds. The lowest BCUT2D eigenvalue weighted by Gasteiger charge is -2.33. The number of aromatic nitrogens is 2. The molecule has 4 rings (SSSR count). The Morgan fingerprint density at radius 3 is 2.85 bits per heavy atom. The maximum Gasteiger partial charge on any atom is 0.275 e. The van der Waals surface area contributed by atoms with E-state index in [-0.39, 0.29) is 19.1 Å². The predicted molar refractivity (Wildman–Crippen MR) is 103 cm³/mol. The van der Waals surface area contributed by atoms with Gasteiger partial charge in [-0.3, -0.25) is 9.48 Å². The van der Waals surface area contributed by atoms with Gasteiger partial charge in [-0.15, -0.1) is 0 Å². The number of nitrogens with zero attached hydrogens (tertiary/aromatic N) is 4. The minimum atomic E-state index is -1.04. The zero-order chi connectivity index (χ0) is 19.0. The van der Waals surface area contributed by atoms with Crippen LogP contribution in [0.15, 0.2) is 18.2 Å². The SMILES string of the molecule is Cc1ccc2c(c1)c(C(=O)N1CCOC[C@](O)(CN3CCCC3)C1)nn2C. The molecule has 2 fully saturated rings. The van der Waals surface area contributed by atoms with Crippen molar-refractivity contribution in [2.45, 2.75) is 25.4 Å². The Labute approximate surface area is 159 Å². The minimum absolute atomic E-state index is 0.142. The molecule has 2 aromatic rings. The summed E-state index contributed by atoms with van der Waals surface area (Å²) >= 11 is 0. The van der Waals surface area contributed by atoms with E-state index in [0.717, 1.165) is 29.6 Å². The highest BCUT2D eigenvalue weighted by molar-refractivity contribution is 6.05. The van der Waals surface area contributed by atoms with Gasteiger partial charge in [-0.05, 0) is 45.0 Å². The summed E-state index contributed by atoms with van der Waals surface area (Å²) in [5.41, 5.74) is 1.43. The molecule has 0 aliphatic carbocycles. The number of carbonyl (C=O) groups is 1. The molecule has 2 aliphatic heterocycles. The van der Waals surface area contributed by atoms with Gasteiger partial charge in [-0.25, -0.2) is 0 Å². The second kappa shape index (κ2) is 7.22. The number of aryl methyl sites for hydroxylation is 2. The van der Waals surface area contributed by atoms with Crippen molar-refractivity contribution < 1.29 is 14.6 Å². The summed E-state index contributed by atoms with van der Waals surface area (Å²) in [6, 6.07) is 6.01. The average Bonchev–Trinajstić information content (AvgIpc) is 3.19. The lowest BCUT2D eigenvalue weighted by molar-refractivity contribution is -0.0524. The van der Waals surface area contributed by atoms with Gasteiger partial charge in [-0.1, -0.05) is 11.6 Å². The highest BCUT2D eigenvalue weighted by Gasteiger charge is 2.37. The van der Waals surface area contributed by atoms with Crippen molar-refractivity contribution in [2.75, 3.05) is 45.9 Å². The van der Waals surface area contributed by atoms with E-state index < -0.39 is 5.60 Å². The molecule has 3 heterocycles. The van der Waals surface area contributed by atoms with E-state index in [0.29, 0.717) is 25.4 Å².